The summed E-state index contributed by atoms with van der Waals surface area (Å²) in [6, 6.07) is 3.90. The highest BCUT2D eigenvalue weighted by molar-refractivity contribution is 5.34. The van der Waals surface area contributed by atoms with Crippen LogP contribution in [0.2, 0.25) is 0 Å². The first kappa shape index (κ1) is 15.5. The van der Waals surface area contributed by atoms with E-state index in [1.807, 2.05) is 23.0 Å². The maximum atomic E-state index is 9.75. The van der Waals surface area contributed by atoms with E-state index in [-0.39, 0.29) is 6.61 Å². The van der Waals surface area contributed by atoms with Crippen molar-refractivity contribution < 1.29 is 10.2 Å². The van der Waals surface area contributed by atoms with E-state index in [4.69, 9.17) is 10.1 Å². The number of rotatable bonds is 4. The molecule has 0 amide bonds. The topological polar surface area (TPSA) is 87.3 Å². The number of aliphatic hydroxyl groups is 2. The smallest absolute Gasteiger partial charge is 0.225 e. The van der Waals surface area contributed by atoms with Gasteiger partial charge in [0.2, 0.25) is 5.95 Å². The fourth-order valence-corrected chi connectivity index (χ4v) is 3.68. The van der Waals surface area contributed by atoms with Crippen LogP contribution in [0.15, 0.2) is 18.3 Å². The van der Waals surface area contributed by atoms with E-state index >= 15 is 0 Å². The molecular weight excluding hydrogens is 306 g/mol. The average molecular weight is 329 g/mol. The SMILES string of the molecule is OC[C@H](O)c1cc2n(n1)CCN(c1nccc(C3CCCC3)n1)C2. The third kappa shape index (κ3) is 2.89. The molecule has 24 heavy (non-hydrogen) atoms. The van der Waals surface area contributed by atoms with Gasteiger partial charge in [-0.1, -0.05) is 12.8 Å². The third-order valence-electron chi connectivity index (χ3n) is 5.05. The van der Waals surface area contributed by atoms with Crippen LogP contribution < -0.4 is 4.90 Å². The lowest BCUT2D eigenvalue weighted by Crippen LogP contribution is -2.35. The van der Waals surface area contributed by atoms with Gasteiger partial charge in [0.05, 0.1) is 31.1 Å². The van der Waals surface area contributed by atoms with Gasteiger partial charge < -0.3 is 15.1 Å². The van der Waals surface area contributed by atoms with Gasteiger partial charge >= 0.3 is 0 Å². The standard InChI is InChI=1S/C17H23N5O2/c23-11-16(24)15-9-13-10-21(7-8-22(13)20-15)17-18-6-5-14(19-17)12-3-1-2-4-12/h5-6,9,12,16,23-24H,1-4,7-8,10-11H2/t16-/m0/s1. The normalized spacial score (nSPS) is 19.5. The van der Waals surface area contributed by atoms with E-state index in [0.717, 1.165) is 30.4 Å². The second kappa shape index (κ2) is 6.49. The van der Waals surface area contributed by atoms with Crippen LogP contribution in [-0.2, 0) is 13.1 Å². The largest absolute Gasteiger partial charge is 0.393 e. The van der Waals surface area contributed by atoms with Crippen molar-refractivity contribution in [1.82, 2.24) is 19.7 Å². The van der Waals surface area contributed by atoms with Crippen LogP contribution in [-0.4, -0.2) is 43.1 Å². The van der Waals surface area contributed by atoms with E-state index in [0.29, 0.717) is 18.2 Å². The molecule has 7 nitrogen and oxygen atoms in total. The number of nitrogens with zero attached hydrogens (tertiary/aromatic N) is 5. The lowest BCUT2D eigenvalue weighted by molar-refractivity contribution is 0.0916. The first-order chi connectivity index (χ1) is 11.7. The molecule has 1 saturated carbocycles. The zero-order valence-electron chi connectivity index (χ0n) is 13.7. The molecule has 3 heterocycles. The van der Waals surface area contributed by atoms with Crippen molar-refractivity contribution in [3.8, 4) is 0 Å². The number of aliphatic hydroxyl groups excluding tert-OH is 2. The highest BCUT2D eigenvalue weighted by atomic mass is 16.3. The van der Waals surface area contributed by atoms with Gasteiger partial charge in [-0.3, -0.25) is 4.68 Å². The van der Waals surface area contributed by atoms with Gasteiger partial charge in [0.25, 0.3) is 0 Å². The molecule has 2 aliphatic rings. The van der Waals surface area contributed by atoms with Gasteiger partial charge in [0.1, 0.15) is 6.10 Å². The highest BCUT2D eigenvalue weighted by Crippen LogP contribution is 2.33. The van der Waals surface area contributed by atoms with Crippen LogP contribution in [0.3, 0.4) is 0 Å². The summed E-state index contributed by atoms with van der Waals surface area (Å²) < 4.78 is 1.89. The Kier molecular flexibility index (Phi) is 4.20. The average Bonchev–Trinajstić information content (AvgIpc) is 3.30. The lowest BCUT2D eigenvalue weighted by Gasteiger charge is -2.28. The van der Waals surface area contributed by atoms with Crippen molar-refractivity contribution in [3.05, 3.63) is 35.4 Å². The van der Waals surface area contributed by atoms with Gasteiger partial charge in [-0.15, -0.1) is 0 Å². The molecule has 4 rings (SSSR count). The van der Waals surface area contributed by atoms with E-state index in [1.54, 1.807) is 0 Å². The molecule has 1 fully saturated rings. The second-order valence-electron chi connectivity index (χ2n) is 6.67. The number of aromatic nitrogens is 4. The lowest BCUT2D eigenvalue weighted by atomic mass is 10.0. The number of hydrogen-bond acceptors (Lipinski definition) is 6. The first-order valence-corrected chi connectivity index (χ1v) is 8.68. The maximum absolute atomic E-state index is 9.75. The number of anilines is 1. The van der Waals surface area contributed by atoms with E-state index in [2.05, 4.69) is 15.0 Å². The molecule has 0 unspecified atom stereocenters. The Morgan fingerprint density at radius 3 is 2.88 bits per heavy atom. The molecule has 0 radical (unpaired) electrons. The van der Waals surface area contributed by atoms with E-state index < -0.39 is 6.10 Å². The molecule has 2 aromatic heterocycles. The van der Waals surface area contributed by atoms with E-state index in [1.165, 1.54) is 25.7 Å². The predicted octanol–water partition coefficient (Wildman–Crippen LogP) is 1.38. The van der Waals surface area contributed by atoms with Crippen LogP contribution in [0.25, 0.3) is 0 Å². The number of hydrogen-bond donors (Lipinski definition) is 2. The third-order valence-corrected chi connectivity index (χ3v) is 5.05. The summed E-state index contributed by atoms with van der Waals surface area (Å²) in [4.78, 5) is 11.4. The van der Waals surface area contributed by atoms with Gasteiger partial charge in [-0.25, -0.2) is 9.97 Å². The molecule has 2 aromatic rings. The molecule has 0 spiro atoms. The minimum Gasteiger partial charge on any atom is -0.393 e. The van der Waals surface area contributed by atoms with Gasteiger partial charge in [0, 0.05) is 24.4 Å². The van der Waals surface area contributed by atoms with Crippen molar-refractivity contribution in [1.29, 1.82) is 0 Å². The molecule has 1 aliphatic heterocycles. The Balaban J connectivity index is 1.54. The monoisotopic (exact) mass is 329 g/mol. The highest BCUT2D eigenvalue weighted by Gasteiger charge is 2.24. The van der Waals surface area contributed by atoms with Crippen LogP contribution in [0.4, 0.5) is 5.95 Å². The summed E-state index contributed by atoms with van der Waals surface area (Å²) in [6.07, 6.45) is 5.99. The molecule has 0 aromatic carbocycles. The molecule has 0 saturated heterocycles. The molecule has 128 valence electrons. The van der Waals surface area contributed by atoms with Crippen molar-refractivity contribution in [2.75, 3.05) is 18.1 Å². The van der Waals surface area contributed by atoms with Crippen molar-refractivity contribution in [2.45, 2.75) is 50.8 Å². The summed E-state index contributed by atoms with van der Waals surface area (Å²) in [5, 5.41) is 23.2. The number of fused-ring (bicyclic) bond motifs is 1. The summed E-state index contributed by atoms with van der Waals surface area (Å²) in [7, 11) is 0. The summed E-state index contributed by atoms with van der Waals surface area (Å²) in [6.45, 7) is 1.87. The Morgan fingerprint density at radius 1 is 1.25 bits per heavy atom. The van der Waals surface area contributed by atoms with Gasteiger partial charge in [-0.05, 0) is 25.0 Å². The Bertz CT molecular complexity index is 711. The zero-order valence-corrected chi connectivity index (χ0v) is 13.7. The predicted molar refractivity (Wildman–Crippen MR) is 88.6 cm³/mol. The Labute approximate surface area is 141 Å². The van der Waals surface area contributed by atoms with E-state index in [9.17, 15) is 5.11 Å². The molecule has 1 aliphatic carbocycles. The van der Waals surface area contributed by atoms with Gasteiger partial charge in [-0.2, -0.15) is 5.10 Å². The summed E-state index contributed by atoms with van der Waals surface area (Å²) in [5.74, 6) is 1.35. The van der Waals surface area contributed by atoms with Crippen LogP contribution in [0, 0.1) is 0 Å². The minimum atomic E-state index is -0.918. The second-order valence-corrected chi connectivity index (χ2v) is 6.67. The molecular formula is C17H23N5O2. The first-order valence-electron chi connectivity index (χ1n) is 8.68. The molecule has 2 N–H and O–H groups in total. The van der Waals surface area contributed by atoms with Crippen LogP contribution in [0.1, 0.15) is 54.8 Å². The minimum absolute atomic E-state index is 0.313. The fourth-order valence-electron chi connectivity index (χ4n) is 3.68. The Hall–Kier alpha value is -1.99. The van der Waals surface area contributed by atoms with Crippen LogP contribution >= 0.6 is 0 Å². The maximum Gasteiger partial charge on any atom is 0.225 e. The molecule has 0 bridgehead atoms. The zero-order chi connectivity index (χ0) is 16.5. The summed E-state index contributed by atoms with van der Waals surface area (Å²) >= 11 is 0. The fraction of sp³-hybridized carbons (Fsp3) is 0.588. The van der Waals surface area contributed by atoms with Crippen LogP contribution in [0.5, 0.6) is 0 Å². The Morgan fingerprint density at radius 2 is 2.08 bits per heavy atom. The van der Waals surface area contributed by atoms with Crippen molar-refractivity contribution in [3.63, 3.8) is 0 Å². The van der Waals surface area contributed by atoms with Gasteiger partial charge in [0.15, 0.2) is 0 Å². The summed E-state index contributed by atoms with van der Waals surface area (Å²) in [5.41, 5.74) is 2.70. The molecule has 7 heteroatoms. The van der Waals surface area contributed by atoms with Crippen molar-refractivity contribution in [2.24, 2.45) is 0 Å². The van der Waals surface area contributed by atoms with Crippen molar-refractivity contribution >= 4 is 5.95 Å². The molecule has 1 atom stereocenters. The quantitative estimate of drug-likeness (QED) is 0.881.